The Morgan fingerprint density at radius 1 is 1.73 bits per heavy atom. The number of nitrogens with zero attached hydrogens (tertiary/aromatic N) is 2. The van der Waals surface area contributed by atoms with Crippen LogP contribution in [0.25, 0.3) is 0 Å². The molecule has 80 valence electrons. The monoisotopic (exact) mass is 226 g/mol. The predicted octanol–water partition coefficient (Wildman–Crippen LogP) is 1.17. The first-order chi connectivity index (χ1) is 7.33. The van der Waals surface area contributed by atoms with Crippen LogP contribution < -0.4 is 0 Å². The normalized spacial score (nSPS) is 23.8. The molecule has 5 nitrogen and oxygen atoms in total. The Labute approximate surface area is 90.8 Å². The Morgan fingerprint density at radius 3 is 3.27 bits per heavy atom. The SMILES string of the molecule is CCOC(=O)C1N=COC1c1nccs1. The highest BCUT2D eigenvalue weighted by atomic mass is 32.1. The number of aromatic nitrogens is 1. The van der Waals surface area contributed by atoms with Crippen molar-refractivity contribution in [2.24, 2.45) is 4.99 Å². The topological polar surface area (TPSA) is 60.8 Å². The lowest BCUT2D eigenvalue weighted by atomic mass is 10.2. The van der Waals surface area contributed by atoms with Crippen LogP contribution in [-0.2, 0) is 14.3 Å². The molecule has 2 rings (SSSR count). The van der Waals surface area contributed by atoms with E-state index in [1.54, 1.807) is 13.1 Å². The Hall–Kier alpha value is -1.43. The number of ether oxygens (including phenoxy) is 2. The lowest BCUT2D eigenvalue weighted by Gasteiger charge is -2.13. The highest BCUT2D eigenvalue weighted by molar-refractivity contribution is 7.09. The first-order valence-corrected chi connectivity index (χ1v) is 5.44. The number of aliphatic imine (C=N–C) groups is 1. The molecule has 0 saturated heterocycles. The van der Waals surface area contributed by atoms with Gasteiger partial charge < -0.3 is 9.47 Å². The summed E-state index contributed by atoms with van der Waals surface area (Å²) in [5.74, 6) is -0.369. The van der Waals surface area contributed by atoms with Gasteiger partial charge in [-0.1, -0.05) is 0 Å². The van der Waals surface area contributed by atoms with Gasteiger partial charge in [0.2, 0.25) is 0 Å². The molecule has 0 radical (unpaired) electrons. The zero-order chi connectivity index (χ0) is 10.7. The van der Waals surface area contributed by atoms with E-state index in [1.807, 2.05) is 5.38 Å². The molecule has 2 unspecified atom stereocenters. The molecular weight excluding hydrogens is 216 g/mol. The molecule has 6 heteroatoms. The molecule has 0 amide bonds. The molecule has 0 bridgehead atoms. The smallest absolute Gasteiger partial charge is 0.335 e. The first-order valence-electron chi connectivity index (χ1n) is 4.56. The van der Waals surface area contributed by atoms with Crippen LogP contribution in [0.3, 0.4) is 0 Å². The van der Waals surface area contributed by atoms with Gasteiger partial charge >= 0.3 is 5.97 Å². The molecule has 2 atom stereocenters. The van der Waals surface area contributed by atoms with E-state index in [2.05, 4.69) is 9.98 Å². The fourth-order valence-electron chi connectivity index (χ4n) is 1.30. The van der Waals surface area contributed by atoms with Gasteiger partial charge in [-0.25, -0.2) is 14.8 Å². The fourth-order valence-corrected chi connectivity index (χ4v) is 2.00. The number of hydrogen-bond acceptors (Lipinski definition) is 6. The summed E-state index contributed by atoms with van der Waals surface area (Å²) in [5.41, 5.74) is 0. The third-order valence-electron chi connectivity index (χ3n) is 1.94. The summed E-state index contributed by atoms with van der Waals surface area (Å²) < 4.78 is 10.1. The Kier molecular flexibility index (Phi) is 2.96. The lowest BCUT2D eigenvalue weighted by Crippen LogP contribution is -2.26. The molecule has 15 heavy (non-hydrogen) atoms. The Balaban J connectivity index is 2.11. The molecular formula is C9H10N2O3S. The highest BCUT2D eigenvalue weighted by Gasteiger charge is 2.36. The fraction of sp³-hybridized carbons (Fsp3) is 0.444. The van der Waals surface area contributed by atoms with Crippen LogP contribution in [0.5, 0.6) is 0 Å². The van der Waals surface area contributed by atoms with Crippen molar-refractivity contribution in [1.82, 2.24) is 4.98 Å². The quantitative estimate of drug-likeness (QED) is 0.726. The van der Waals surface area contributed by atoms with E-state index in [9.17, 15) is 4.79 Å². The average molecular weight is 226 g/mol. The Bertz CT molecular complexity index is 363. The van der Waals surface area contributed by atoms with Crippen molar-refractivity contribution in [3.8, 4) is 0 Å². The van der Waals surface area contributed by atoms with Crippen LogP contribution in [0.15, 0.2) is 16.6 Å². The molecule has 0 N–H and O–H groups in total. The zero-order valence-corrected chi connectivity index (χ0v) is 8.94. The number of esters is 1. The summed E-state index contributed by atoms with van der Waals surface area (Å²) in [6.45, 7) is 2.10. The van der Waals surface area contributed by atoms with Crippen molar-refractivity contribution in [2.75, 3.05) is 6.61 Å². The van der Waals surface area contributed by atoms with E-state index >= 15 is 0 Å². The molecule has 1 aromatic heterocycles. The van der Waals surface area contributed by atoms with Crippen LogP contribution in [0, 0.1) is 0 Å². The average Bonchev–Trinajstić information content (AvgIpc) is 2.88. The van der Waals surface area contributed by atoms with Crippen molar-refractivity contribution in [3.05, 3.63) is 16.6 Å². The number of carbonyl (C=O) groups excluding carboxylic acids is 1. The highest BCUT2D eigenvalue weighted by Crippen LogP contribution is 2.28. The second-order valence-corrected chi connectivity index (χ2v) is 3.80. The van der Waals surface area contributed by atoms with Crippen molar-refractivity contribution >= 4 is 23.7 Å². The van der Waals surface area contributed by atoms with Crippen LogP contribution in [0.1, 0.15) is 18.0 Å². The van der Waals surface area contributed by atoms with E-state index < -0.39 is 12.1 Å². The number of carbonyl (C=O) groups is 1. The van der Waals surface area contributed by atoms with Gasteiger partial charge in [0.25, 0.3) is 0 Å². The van der Waals surface area contributed by atoms with Gasteiger partial charge in [-0.05, 0) is 6.92 Å². The summed E-state index contributed by atoms with van der Waals surface area (Å²) in [7, 11) is 0. The minimum atomic E-state index is -0.615. The maximum Gasteiger partial charge on any atom is 0.335 e. The molecule has 0 aromatic carbocycles. The van der Waals surface area contributed by atoms with E-state index in [0.29, 0.717) is 6.61 Å². The third kappa shape index (κ3) is 1.99. The maximum atomic E-state index is 11.5. The molecule has 0 saturated carbocycles. The van der Waals surface area contributed by atoms with E-state index in [4.69, 9.17) is 9.47 Å². The summed E-state index contributed by atoms with van der Waals surface area (Å²) >= 11 is 1.44. The van der Waals surface area contributed by atoms with Crippen molar-refractivity contribution in [2.45, 2.75) is 19.1 Å². The molecule has 0 fully saturated rings. The predicted molar refractivity (Wildman–Crippen MR) is 54.9 cm³/mol. The van der Waals surface area contributed by atoms with Crippen molar-refractivity contribution in [1.29, 1.82) is 0 Å². The second kappa shape index (κ2) is 4.39. The van der Waals surface area contributed by atoms with Crippen LogP contribution in [-0.4, -0.2) is 30.0 Å². The molecule has 2 heterocycles. The first kappa shape index (κ1) is 10.1. The van der Waals surface area contributed by atoms with Crippen molar-refractivity contribution in [3.63, 3.8) is 0 Å². The van der Waals surface area contributed by atoms with Gasteiger partial charge in [-0.3, -0.25) is 0 Å². The van der Waals surface area contributed by atoms with Gasteiger partial charge in [0.15, 0.2) is 18.5 Å². The van der Waals surface area contributed by atoms with E-state index in [-0.39, 0.29) is 5.97 Å². The van der Waals surface area contributed by atoms with Gasteiger partial charge in [-0.15, -0.1) is 11.3 Å². The summed E-state index contributed by atoms with van der Waals surface area (Å²) in [4.78, 5) is 19.5. The van der Waals surface area contributed by atoms with Crippen LogP contribution in [0.4, 0.5) is 0 Å². The van der Waals surface area contributed by atoms with Gasteiger partial charge in [0, 0.05) is 11.6 Å². The van der Waals surface area contributed by atoms with E-state index in [1.165, 1.54) is 17.7 Å². The van der Waals surface area contributed by atoms with E-state index in [0.717, 1.165) is 5.01 Å². The largest absolute Gasteiger partial charge is 0.470 e. The van der Waals surface area contributed by atoms with Gasteiger partial charge in [0.1, 0.15) is 5.01 Å². The molecule has 0 aliphatic carbocycles. The van der Waals surface area contributed by atoms with Crippen molar-refractivity contribution < 1.29 is 14.3 Å². The molecule has 1 aromatic rings. The summed E-state index contributed by atoms with van der Waals surface area (Å²) in [6.07, 6.45) is 2.53. The minimum absolute atomic E-state index is 0.343. The summed E-state index contributed by atoms with van der Waals surface area (Å²) in [5, 5.41) is 2.57. The minimum Gasteiger partial charge on any atom is -0.470 e. The maximum absolute atomic E-state index is 11.5. The van der Waals surface area contributed by atoms with Crippen LogP contribution in [0.2, 0.25) is 0 Å². The molecule has 1 aliphatic heterocycles. The number of hydrogen-bond donors (Lipinski definition) is 0. The lowest BCUT2D eigenvalue weighted by molar-refractivity contribution is -0.146. The molecule has 0 spiro atoms. The number of thiazole rings is 1. The zero-order valence-electron chi connectivity index (χ0n) is 8.12. The second-order valence-electron chi connectivity index (χ2n) is 2.88. The van der Waals surface area contributed by atoms with Gasteiger partial charge in [0.05, 0.1) is 6.61 Å². The Morgan fingerprint density at radius 2 is 2.60 bits per heavy atom. The summed E-state index contributed by atoms with van der Waals surface area (Å²) in [6, 6.07) is -0.615. The third-order valence-corrected chi connectivity index (χ3v) is 2.78. The number of rotatable bonds is 3. The standard InChI is InChI=1S/C9H10N2O3S/c1-2-13-9(12)6-7(14-5-11-6)8-10-3-4-15-8/h3-7H,2H2,1H3. The van der Waals surface area contributed by atoms with Crippen LogP contribution >= 0.6 is 11.3 Å². The molecule has 1 aliphatic rings. The van der Waals surface area contributed by atoms with Gasteiger partial charge in [-0.2, -0.15) is 0 Å².